The maximum atomic E-state index is 11.3. The maximum absolute atomic E-state index is 11.3. The number of hydrogen-bond donors (Lipinski definition) is 0. The first-order valence-corrected chi connectivity index (χ1v) is 9.69. The summed E-state index contributed by atoms with van der Waals surface area (Å²) in [6, 6.07) is 7.21. The van der Waals surface area contributed by atoms with E-state index in [2.05, 4.69) is 16.6 Å². The van der Waals surface area contributed by atoms with Gasteiger partial charge in [-0.2, -0.15) is 0 Å². The first-order chi connectivity index (χ1) is 13.8. The first kappa shape index (κ1) is 22.6. The molecule has 5 heteroatoms. The van der Waals surface area contributed by atoms with Crippen LogP contribution in [0, 0.1) is 11.8 Å². The molecule has 5 nitrogen and oxygen atoms in total. The fourth-order valence-electron chi connectivity index (χ4n) is 2.99. The third-order valence-electron chi connectivity index (χ3n) is 4.42. The molecule has 1 heterocycles. The third kappa shape index (κ3) is 7.69. The lowest BCUT2D eigenvalue weighted by Crippen LogP contribution is -2.21. The third-order valence-corrected chi connectivity index (χ3v) is 4.42. The first-order valence-electron chi connectivity index (χ1n) is 9.69. The van der Waals surface area contributed by atoms with E-state index in [1.54, 1.807) is 25.1 Å². The Hall–Kier alpha value is -2.68. The van der Waals surface area contributed by atoms with Crippen molar-refractivity contribution < 1.29 is 23.8 Å². The predicted molar refractivity (Wildman–Crippen MR) is 111 cm³/mol. The largest absolute Gasteiger partial charge is 0.469 e. The Balaban J connectivity index is 1.88. The molecule has 1 aliphatic heterocycles. The van der Waals surface area contributed by atoms with E-state index in [9.17, 15) is 9.59 Å². The molecule has 0 amide bonds. The van der Waals surface area contributed by atoms with Crippen molar-refractivity contribution in [1.82, 2.24) is 0 Å². The van der Waals surface area contributed by atoms with Crippen LogP contribution in [0.3, 0.4) is 0 Å². The zero-order valence-corrected chi connectivity index (χ0v) is 17.4. The van der Waals surface area contributed by atoms with Crippen LogP contribution < -0.4 is 0 Å². The molecule has 1 aromatic rings. The molecule has 0 aromatic heterocycles. The van der Waals surface area contributed by atoms with Crippen molar-refractivity contribution in [3.8, 4) is 11.8 Å². The smallest absolute Gasteiger partial charge is 0.305 e. The molecule has 0 unspecified atom stereocenters. The van der Waals surface area contributed by atoms with E-state index in [1.807, 2.05) is 44.2 Å². The molecular weight excluding hydrogens is 368 g/mol. The highest BCUT2D eigenvalue weighted by molar-refractivity contribution is 5.94. The van der Waals surface area contributed by atoms with Gasteiger partial charge < -0.3 is 14.2 Å². The lowest BCUT2D eigenvalue weighted by atomic mass is 10.1. The predicted octanol–water partition coefficient (Wildman–Crippen LogP) is 4.22. The Labute approximate surface area is 172 Å². The monoisotopic (exact) mass is 396 g/mol. The number of ketones is 1. The van der Waals surface area contributed by atoms with Crippen molar-refractivity contribution in [2.45, 2.75) is 58.0 Å². The van der Waals surface area contributed by atoms with Gasteiger partial charge in [0.05, 0.1) is 13.2 Å². The molecule has 0 spiro atoms. The van der Waals surface area contributed by atoms with Gasteiger partial charge in [0.15, 0.2) is 11.6 Å². The highest BCUT2D eigenvalue weighted by atomic mass is 16.7. The standard InChI is InChI=1S/C24H28O5/c1-18(25)20-16-14-19(15-17-20)10-7-5-6-8-11-21-22(29-24(2,3)28-21)12-9-13-23(26)27-4/h5-6,8,11,14-17,21-22H,9,12-13H2,1-4H3/b6-5+,11-8+/t21-,22+/m1/s1. The van der Waals surface area contributed by atoms with E-state index >= 15 is 0 Å². The Morgan fingerprint density at radius 3 is 2.55 bits per heavy atom. The molecule has 1 aliphatic rings. The van der Waals surface area contributed by atoms with E-state index < -0.39 is 5.79 Å². The van der Waals surface area contributed by atoms with Crippen LogP contribution in [0.4, 0.5) is 0 Å². The van der Waals surface area contributed by atoms with E-state index in [4.69, 9.17) is 9.47 Å². The van der Waals surface area contributed by atoms with E-state index in [-0.39, 0.29) is 24.0 Å². The number of esters is 1. The summed E-state index contributed by atoms with van der Waals surface area (Å²) in [5, 5.41) is 0. The van der Waals surface area contributed by atoms with Crippen molar-refractivity contribution in [3.63, 3.8) is 0 Å². The van der Waals surface area contributed by atoms with Crippen molar-refractivity contribution in [3.05, 3.63) is 59.7 Å². The van der Waals surface area contributed by atoms with Gasteiger partial charge in [-0.3, -0.25) is 9.59 Å². The number of Topliss-reactive ketones (excluding diaryl/α,β-unsaturated/α-hetero) is 1. The summed E-state index contributed by atoms with van der Waals surface area (Å²) in [4.78, 5) is 22.5. The molecule has 154 valence electrons. The van der Waals surface area contributed by atoms with Crippen molar-refractivity contribution in [1.29, 1.82) is 0 Å². The van der Waals surface area contributed by atoms with Crippen molar-refractivity contribution in [2.75, 3.05) is 7.11 Å². The second-order valence-corrected chi connectivity index (χ2v) is 7.25. The van der Waals surface area contributed by atoms with Crippen LogP contribution in [0.1, 0.15) is 56.0 Å². The highest BCUT2D eigenvalue weighted by Gasteiger charge is 2.39. The zero-order chi connectivity index (χ0) is 21.3. The number of hydrogen-bond acceptors (Lipinski definition) is 5. The number of methoxy groups -OCH3 is 1. The second kappa shape index (κ2) is 10.8. The Morgan fingerprint density at radius 1 is 1.17 bits per heavy atom. The molecule has 0 radical (unpaired) electrons. The molecule has 0 N–H and O–H groups in total. The minimum Gasteiger partial charge on any atom is -0.469 e. The second-order valence-electron chi connectivity index (χ2n) is 7.25. The lowest BCUT2D eigenvalue weighted by Gasteiger charge is -2.16. The van der Waals surface area contributed by atoms with Gasteiger partial charge in [-0.1, -0.05) is 42.2 Å². The molecule has 0 saturated carbocycles. The van der Waals surface area contributed by atoms with Crippen LogP contribution in [0.5, 0.6) is 0 Å². The number of carbonyl (C=O) groups is 2. The van der Waals surface area contributed by atoms with Gasteiger partial charge in [-0.15, -0.1) is 0 Å². The van der Waals surface area contributed by atoms with E-state index in [0.29, 0.717) is 24.8 Å². The van der Waals surface area contributed by atoms with Gasteiger partial charge in [-0.05, 0) is 51.8 Å². The van der Waals surface area contributed by atoms with Gasteiger partial charge in [0.25, 0.3) is 0 Å². The highest BCUT2D eigenvalue weighted by Crippen LogP contribution is 2.31. The summed E-state index contributed by atoms with van der Waals surface area (Å²) in [6.45, 7) is 5.30. The Bertz CT molecular complexity index is 821. The summed E-state index contributed by atoms with van der Waals surface area (Å²) in [5.74, 6) is 5.16. The number of allylic oxidation sites excluding steroid dienone is 3. The molecule has 0 bridgehead atoms. The normalized spacial score (nSPS) is 20.6. The number of rotatable bonds is 7. The Morgan fingerprint density at radius 2 is 1.90 bits per heavy atom. The van der Waals surface area contributed by atoms with Crippen LogP contribution in [0.2, 0.25) is 0 Å². The Kier molecular flexibility index (Phi) is 8.38. The molecule has 1 aromatic carbocycles. The molecule has 2 rings (SSSR count). The van der Waals surface area contributed by atoms with Crippen LogP contribution in [-0.2, 0) is 19.0 Å². The minimum atomic E-state index is -0.652. The topological polar surface area (TPSA) is 61.8 Å². The fourth-order valence-corrected chi connectivity index (χ4v) is 2.99. The molecule has 2 atom stereocenters. The van der Waals surface area contributed by atoms with E-state index in [1.165, 1.54) is 7.11 Å². The zero-order valence-electron chi connectivity index (χ0n) is 17.4. The van der Waals surface area contributed by atoms with E-state index in [0.717, 1.165) is 5.56 Å². The quantitative estimate of drug-likeness (QED) is 0.299. The lowest BCUT2D eigenvalue weighted by molar-refractivity contribution is -0.144. The van der Waals surface area contributed by atoms with Crippen molar-refractivity contribution in [2.24, 2.45) is 0 Å². The van der Waals surface area contributed by atoms with Gasteiger partial charge in [-0.25, -0.2) is 0 Å². The van der Waals surface area contributed by atoms with Gasteiger partial charge >= 0.3 is 5.97 Å². The van der Waals surface area contributed by atoms with Gasteiger partial charge in [0.1, 0.15) is 6.10 Å². The molecular formula is C24H28O5. The van der Waals surface area contributed by atoms with Crippen molar-refractivity contribution >= 4 is 11.8 Å². The number of benzene rings is 1. The van der Waals surface area contributed by atoms with Gasteiger partial charge in [0, 0.05) is 17.5 Å². The summed E-state index contributed by atoms with van der Waals surface area (Å²) < 4.78 is 16.5. The number of carbonyl (C=O) groups excluding carboxylic acids is 2. The van der Waals surface area contributed by atoms with Crippen LogP contribution in [-0.4, -0.2) is 36.9 Å². The summed E-state index contributed by atoms with van der Waals surface area (Å²) in [5.41, 5.74) is 1.53. The summed E-state index contributed by atoms with van der Waals surface area (Å²) >= 11 is 0. The molecule has 1 saturated heterocycles. The maximum Gasteiger partial charge on any atom is 0.305 e. The summed E-state index contributed by atoms with van der Waals surface area (Å²) in [6.07, 6.45) is 8.91. The number of ether oxygens (including phenoxy) is 3. The average Bonchev–Trinajstić information content (AvgIpc) is 2.98. The summed E-state index contributed by atoms with van der Waals surface area (Å²) in [7, 11) is 1.39. The van der Waals surface area contributed by atoms with Gasteiger partial charge in [0.2, 0.25) is 0 Å². The fraction of sp³-hybridized carbons (Fsp3) is 0.417. The average molecular weight is 396 g/mol. The van der Waals surface area contributed by atoms with Crippen LogP contribution in [0.25, 0.3) is 0 Å². The van der Waals surface area contributed by atoms with Crippen LogP contribution >= 0.6 is 0 Å². The van der Waals surface area contributed by atoms with Crippen LogP contribution in [0.15, 0.2) is 48.6 Å². The molecule has 1 fully saturated rings. The molecule has 0 aliphatic carbocycles. The molecule has 29 heavy (non-hydrogen) atoms. The minimum absolute atomic E-state index is 0.0411. The SMILES string of the molecule is COC(=O)CCC[C@@H]1OC(C)(C)O[C@@H]1/C=C/C=C/C#Cc1ccc(C(C)=O)cc1.